The van der Waals surface area contributed by atoms with Crippen molar-refractivity contribution in [2.45, 2.75) is 32.0 Å². The second-order valence-corrected chi connectivity index (χ2v) is 5.18. The largest absolute Gasteiger partial charge is 0.467 e. The summed E-state index contributed by atoms with van der Waals surface area (Å²) in [5.41, 5.74) is -1.97. The van der Waals surface area contributed by atoms with E-state index in [1.165, 1.54) is 19.2 Å². The van der Waals surface area contributed by atoms with Gasteiger partial charge in [-0.05, 0) is 30.5 Å². The normalized spacial score (nSPS) is 29.4. The minimum atomic E-state index is -1.19. The molecule has 0 spiro atoms. The maximum Gasteiger partial charge on any atom is 0.341 e. The molecule has 1 saturated heterocycles. The predicted octanol–water partition coefficient (Wildman–Crippen LogP) is 2.78. The average molecular weight is 270 g/mol. The van der Waals surface area contributed by atoms with Gasteiger partial charge in [-0.1, -0.05) is 13.8 Å². The summed E-state index contributed by atoms with van der Waals surface area (Å²) in [6, 6.07) is 3.14. The first-order valence-corrected chi connectivity index (χ1v) is 6.03. The number of halogens is 2. The van der Waals surface area contributed by atoms with E-state index in [4.69, 9.17) is 9.47 Å². The van der Waals surface area contributed by atoms with Gasteiger partial charge in [0.25, 0.3) is 0 Å². The van der Waals surface area contributed by atoms with Gasteiger partial charge in [0.1, 0.15) is 17.2 Å². The fraction of sp³-hybridized carbons (Fsp3) is 0.500. The van der Waals surface area contributed by atoms with Crippen LogP contribution in [-0.4, -0.2) is 18.7 Å². The first-order valence-electron chi connectivity index (χ1n) is 6.03. The Morgan fingerprint density at radius 1 is 1.26 bits per heavy atom. The number of carbonyl (C=O) groups is 1. The Morgan fingerprint density at radius 2 is 1.79 bits per heavy atom. The van der Waals surface area contributed by atoms with Crippen LogP contribution >= 0.6 is 0 Å². The second-order valence-electron chi connectivity index (χ2n) is 5.18. The van der Waals surface area contributed by atoms with Crippen molar-refractivity contribution in [1.29, 1.82) is 0 Å². The molecule has 1 heterocycles. The molecule has 0 saturated carbocycles. The summed E-state index contributed by atoms with van der Waals surface area (Å²) in [6.07, 6.45) is 0. The highest BCUT2D eigenvalue weighted by Gasteiger charge is 2.75. The zero-order valence-corrected chi connectivity index (χ0v) is 11.3. The summed E-state index contributed by atoms with van der Waals surface area (Å²) in [5.74, 6) is -2.12. The molecule has 2 unspecified atom stereocenters. The quantitative estimate of drug-likeness (QED) is 0.626. The highest BCUT2D eigenvalue weighted by molar-refractivity contribution is 5.85. The lowest BCUT2D eigenvalue weighted by molar-refractivity contribution is -0.148. The maximum atomic E-state index is 13.3. The highest BCUT2D eigenvalue weighted by atomic mass is 19.1. The minimum Gasteiger partial charge on any atom is -0.467 e. The molecule has 0 N–H and O–H groups in total. The van der Waals surface area contributed by atoms with Gasteiger partial charge < -0.3 is 9.47 Å². The third-order valence-corrected chi connectivity index (χ3v) is 3.75. The molecular weight excluding hydrogens is 254 g/mol. The number of rotatable bonds is 3. The average Bonchev–Trinajstić information content (AvgIpc) is 2.97. The summed E-state index contributed by atoms with van der Waals surface area (Å²) in [5, 5.41) is 0. The number of esters is 1. The second kappa shape index (κ2) is 4.27. The van der Waals surface area contributed by atoms with E-state index < -0.39 is 28.8 Å². The molecule has 0 aliphatic carbocycles. The monoisotopic (exact) mass is 270 g/mol. The van der Waals surface area contributed by atoms with Gasteiger partial charge in [0.2, 0.25) is 5.60 Å². The van der Waals surface area contributed by atoms with Gasteiger partial charge in [0.05, 0.1) is 7.11 Å². The van der Waals surface area contributed by atoms with Gasteiger partial charge in [0, 0.05) is 6.07 Å². The molecule has 1 aromatic carbocycles. The number of epoxide rings is 1. The van der Waals surface area contributed by atoms with E-state index in [9.17, 15) is 13.6 Å². The van der Waals surface area contributed by atoms with Crippen LogP contribution in [0, 0.1) is 17.6 Å². The van der Waals surface area contributed by atoms with Crippen LogP contribution in [0.1, 0.15) is 26.3 Å². The summed E-state index contributed by atoms with van der Waals surface area (Å²) < 4.78 is 37.0. The van der Waals surface area contributed by atoms with Crippen LogP contribution in [0.2, 0.25) is 0 Å². The van der Waals surface area contributed by atoms with Crippen molar-refractivity contribution in [3.8, 4) is 0 Å². The Kier molecular flexibility index (Phi) is 3.13. The lowest BCUT2D eigenvalue weighted by Gasteiger charge is -2.18. The van der Waals surface area contributed by atoms with E-state index in [0.717, 1.165) is 6.07 Å². The van der Waals surface area contributed by atoms with Crippen molar-refractivity contribution >= 4 is 5.97 Å². The topological polar surface area (TPSA) is 38.8 Å². The zero-order valence-electron chi connectivity index (χ0n) is 11.3. The van der Waals surface area contributed by atoms with Crippen LogP contribution < -0.4 is 0 Å². The van der Waals surface area contributed by atoms with Crippen LogP contribution in [0.3, 0.4) is 0 Å². The molecule has 0 radical (unpaired) electrons. The van der Waals surface area contributed by atoms with Crippen molar-refractivity contribution in [1.82, 2.24) is 0 Å². The van der Waals surface area contributed by atoms with Crippen LogP contribution in [0.4, 0.5) is 8.78 Å². The first kappa shape index (κ1) is 13.9. The predicted molar refractivity (Wildman–Crippen MR) is 64.4 cm³/mol. The fourth-order valence-corrected chi connectivity index (χ4v) is 2.69. The number of methoxy groups -OCH3 is 1. The summed E-state index contributed by atoms with van der Waals surface area (Å²) >= 11 is 0. The number of carbonyl (C=O) groups excluding carboxylic acids is 1. The van der Waals surface area contributed by atoms with E-state index >= 15 is 0 Å². The van der Waals surface area contributed by atoms with Gasteiger partial charge in [-0.15, -0.1) is 0 Å². The van der Waals surface area contributed by atoms with E-state index in [-0.39, 0.29) is 5.92 Å². The molecular formula is C14H16F2O3. The van der Waals surface area contributed by atoms with Crippen molar-refractivity contribution in [3.63, 3.8) is 0 Å². The Balaban J connectivity index is 2.48. The van der Waals surface area contributed by atoms with Crippen molar-refractivity contribution < 1.29 is 23.0 Å². The van der Waals surface area contributed by atoms with Crippen LogP contribution in [0.15, 0.2) is 18.2 Å². The molecule has 104 valence electrons. The number of hydrogen-bond acceptors (Lipinski definition) is 3. The van der Waals surface area contributed by atoms with Gasteiger partial charge in [0.15, 0.2) is 0 Å². The van der Waals surface area contributed by atoms with E-state index in [0.29, 0.717) is 5.56 Å². The summed E-state index contributed by atoms with van der Waals surface area (Å²) in [7, 11) is 1.26. The molecule has 5 heteroatoms. The smallest absolute Gasteiger partial charge is 0.341 e. The molecule has 19 heavy (non-hydrogen) atoms. The lowest BCUT2D eigenvalue weighted by Crippen LogP contribution is -2.37. The molecule has 1 aliphatic rings. The Hall–Kier alpha value is -1.49. The third kappa shape index (κ3) is 1.84. The molecule has 3 nitrogen and oxygen atoms in total. The molecule has 0 amide bonds. The molecule has 0 aromatic heterocycles. The van der Waals surface area contributed by atoms with Crippen LogP contribution in [0.25, 0.3) is 0 Å². The summed E-state index contributed by atoms with van der Waals surface area (Å²) in [6.45, 7) is 5.24. The third-order valence-electron chi connectivity index (χ3n) is 3.75. The van der Waals surface area contributed by atoms with E-state index in [1.807, 2.05) is 0 Å². The number of hydrogen-bond donors (Lipinski definition) is 0. The standard InChI is InChI=1S/C14H16F2O3/c1-8(2)14(12(17)18-4)13(3,19-14)9-5-10(15)7-11(16)6-9/h5-8H,1-4H3. The molecule has 1 aliphatic heterocycles. The number of benzene rings is 1. The molecule has 2 atom stereocenters. The van der Waals surface area contributed by atoms with Crippen molar-refractivity contribution in [2.75, 3.05) is 7.11 Å². The SMILES string of the molecule is COC(=O)C1(C(C)C)OC1(C)c1cc(F)cc(F)c1. The lowest BCUT2D eigenvalue weighted by atomic mass is 9.80. The summed E-state index contributed by atoms with van der Waals surface area (Å²) in [4.78, 5) is 12.0. The van der Waals surface area contributed by atoms with Crippen molar-refractivity contribution in [3.05, 3.63) is 35.4 Å². The van der Waals surface area contributed by atoms with E-state index in [1.54, 1.807) is 20.8 Å². The number of ether oxygens (including phenoxy) is 2. The molecule has 2 rings (SSSR count). The van der Waals surface area contributed by atoms with E-state index in [2.05, 4.69) is 0 Å². The Labute approximate surface area is 110 Å². The maximum absolute atomic E-state index is 13.3. The van der Waals surface area contributed by atoms with Crippen molar-refractivity contribution in [2.24, 2.45) is 5.92 Å². The van der Waals surface area contributed by atoms with Gasteiger partial charge >= 0.3 is 5.97 Å². The highest BCUT2D eigenvalue weighted by Crippen LogP contribution is 2.60. The Bertz CT molecular complexity index is 509. The molecule has 1 fully saturated rings. The zero-order chi connectivity index (χ0) is 14.4. The molecule has 0 bridgehead atoms. The van der Waals surface area contributed by atoms with Gasteiger partial charge in [-0.2, -0.15) is 0 Å². The fourth-order valence-electron chi connectivity index (χ4n) is 2.69. The first-order chi connectivity index (χ1) is 8.77. The van der Waals surface area contributed by atoms with Gasteiger partial charge in [-0.25, -0.2) is 13.6 Å². The Morgan fingerprint density at radius 3 is 2.21 bits per heavy atom. The van der Waals surface area contributed by atoms with Gasteiger partial charge in [-0.3, -0.25) is 0 Å². The van der Waals surface area contributed by atoms with Crippen LogP contribution in [0.5, 0.6) is 0 Å². The molecule has 1 aromatic rings. The minimum absolute atomic E-state index is 0.184. The van der Waals surface area contributed by atoms with Crippen LogP contribution in [-0.2, 0) is 19.9 Å².